The molecule has 0 rings (SSSR count). The highest BCUT2D eigenvalue weighted by Gasteiger charge is 2.45. The SMILES string of the molecule is CCCCCC(SCCCC(F)(F)C(F)C(F)F)C(=O)OCCCC. The predicted molar refractivity (Wildman–Crippen MR) is 91.3 cm³/mol. The van der Waals surface area contributed by atoms with Crippen LogP contribution in [-0.2, 0) is 9.53 Å². The van der Waals surface area contributed by atoms with Crippen LogP contribution in [0.15, 0.2) is 0 Å². The predicted octanol–water partition coefficient (Wildman–Crippen LogP) is 6.03. The molecule has 0 saturated heterocycles. The Balaban J connectivity index is 4.33. The van der Waals surface area contributed by atoms with E-state index in [1.54, 1.807) is 0 Å². The van der Waals surface area contributed by atoms with Gasteiger partial charge < -0.3 is 4.74 Å². The summed E-state index contributed by atoms with van der Waals surface area (Å²) in [6.45, 7) is 4.33. The Morgan fingerprint density at radius 3 is 2.24 bits per heavy atom. The Labute approximate surface area is 151 Å². The van der Waals surface area contributed by atoms with Gasteiger partial charge in [0, 0.05) is 6.42 Å². The van der Waals surface area contributed by atoms with E-state index in [1.807, 2.05) is 13.8 Å². The fourth-order valence-corrected chi connectivity index (χ4v) is 3.25. The van der Waals surface area contributed by atoms with E-state index < -0.39 is 30.2 Å². The number of hydrogen-bond acceptors (Lipinski definition) is 3. The van der Waals surface area contributed by atoms with Crippen LogP contribution < -0.4 is 0 Å². The Hall–Kier alpha value is -0.530. The van der Waals surface area contributed by atoms with Gasteiger partial charge in [-0.25, -0.2) is 22.0 Å². The summed E-state index contributed by atoms with van der Waals surface area (Å²) in [5.41, 5.74) is 0. The third-order valence-corrected chi connectivity index (χ3v) is 5.03. The molecule has 0 radical (unpaired) electrons. The number of alkyl halides is 5. The van der Waals surface area contributed by atoms with Crippen molar-refractivity contribution in [1.82, 2.24) is 0 Å². The van der Waals surface area contributed by atoms with Gasteiger partial charge in [0.2, 0.25) is 6.17 Å². The lowest BCUT2D eigenvalue weighted by atomic mass is 10.1. The zero-order chi connectivity index (χ0) is 19.3. The van der Waals surface area contributed by atoms with Crippen LogP contribution in [0.4, 0.5) is 22.0 Å². The van der Waals surface area contributed by atoms with Crippen molar-refractivity contribution >= 4 is 17.7 Å². The first kappa shape index (κ1) is 24.5. The maximum Gasteiger partial charge on any atom is 0.319 e. The molecule has 0 N–H and O–H groups in total. The summed E-state index contributed by atoms with van der Waals surface area (Å²) < 4.78 is 68.6. The minimum Gasteiger partial charge on any atom is -0.465 e. The van der Waals surface area contributed by atoms with E-state index in [1.165, 1.54) is 11.8 Å². The number of carbonyl (C=O) groups excluding carboxylic acids is 1. The van der Waals surface area contributed by atoms with Crippen LogP contribution >= 0.6 is 11.8 Å². The molecular formula is C17H29F5O2S. The summed E-state index contributed by atoms with van der Waals surface area (Å²) in [7, 11) is 0. The molecule has 0 aliphatic carbocycles. The normalized spacial score (nSPS) is 14.6. The summed E-state index contributed by atoms with van der Waals surface area (Å²) in [5, 5.41) is -0.451. The second-order valence-electron chi connectivity index (χ2n) is 5.98. The zero-order valence-corrected chi connectivity index (χ0v) is 15.7. The summed E-state index contributed by atoms with van der Waals surface area (Å²) in [4.78, 5) is 12.1. The average Bonchev–Trinajstić information content (AvgIpc) is 2.56. The molecule has 0 aliphatic rings. The van der Waals surface area contributed by atoms with Crippen molar-refractivity contribution < 1.29 is 31.5 Å². The molecule has 0 aromatic carbocycles. The van der Waals surface area contributed by atoms with Crippen LogP contribution in [0.3, 0.4) is 0 Å². The summed E-state index contributed by atoms with van der Waals surface area (Å²) in [6, 6.07) is 0. The molecule has 2 unspecified atom stereocenters. The number of thioether (sulfide) groups is 1. The van der Waals surface area contributed by atoms with Crippen molar-refractivity contribution in [2.24, 2.45) is 0 Å². The molecule has 8 heteroatoms. The zero-order valence-electron chi connectivity index (χ0n) is 14.9. The molecule has 0 bridgehead atoms. The van der Waals surface area contributed by atoms with E-state index in [0.717, 1.165) is 32.1 Å². The van der Waals surface area contributed by atoms with Crippen molar-refractivity contribution in [3.05, 3.63) is 0 Å². The maximum absolute atomic E-state index is 13.2. The van der Waals surface area contributed by atoms with Crippen molar-refractivity contribution in [1.29, 1.82) is 0 Å². The first-order valence-corrected chi connectivity index (χ1v) is 9.89. The van der Waals surface area contributed by atoms with Crippen LogP contribution in [0.5, 0.6) is 0 Å². The Bertz CT molecular complexity index is 356. The van der Waals surface area contributed by atoms with E-state index in [9.17, 15) is 26.7 Å². The van der Waals surface area contributed by atoms with Gasteiger partial charge >= 0.3 is 5.97 Å². The number of halogens is 5. The number of unbranched alkanes of at least 4 members (excludes halogenated alkanes) is 3. The van der Waals surface area contributed by atoms with Crippen LogP contribution in [0.1, 0.15) is 65.2 Å². The third kappa shape index (κ3) is 10.9. The number of carbonyl (C=O) groups is 1. The molecule has 0 aliphatic heterocycles. The molecule has 0 aromatic heterocycles. The standard InChI is InChI=1S/C17H29F5O2S/c1-3-5-7-9-13(16(23)24-11-6-4-2)25-12-8-10-17(21,22)14(18)15(19)20/h13-15H,3-12H2,1-2H3. The third-order valence-electron chi connectivity index (χ3n) is 3.67. The molecule has 0 heterocycles. The largest absolute Gasteiger partial charge is 0.465 e. The van der Waals surface area contributed by atoms with Crippen molar-refractivity contribution in [2.45, 2.75) is 89.0 Å². The molecule has 0 spiro atoms. The van der Waals surface area contributed by atoms with Gasteiger partial charge in [-0.1, -0.05) is 39.5 Å². The minimum atomic E-state index is -4.05. The number of ether oxygens (including phenoxy) is 1. The Morgan fingerprint density at radius 1 is 1.04 bits per heavy atom. The lowest BCUT2D eigenvalue weighted by Crippen LogP contribution is -2.35. The number of esters is 1. The van der Waals surface area contributed by atoms with Crippen molar-refractivity contribution in [2.75, 3.05) is 12.4 Å². The van der Waals surface area contributed by atoms with E-state index >= 15 is 0 Å². The van der Waals surface area contributed by atoms with Gasteiger partial charge in [-0.2, -0.15) is 0 Å². The van der Waals surface area contributed by atoms with Crippen LogP contribution in [0.2, 0.25) is 0 Å². The van der Waals surface area contributed by atoms with Crippen LogP contribution in [0.25, 0.3) is 0 Å². The van der Waals surface area contributed by atoms with Gasteiger partial charge in [-0.3, -0.25) is 4.79 Å². The van der Waals surface area contributed by atoms with Crippen LogP contribution in [0, 0.1) is 0 Å². The average molecular weight is 392 g/mol. The molecule has 0 aromatic rings. The molecule has 0 fully saturated rings. The van der Waals surface area contributed by atoms with Crippen molar-refractivity contribution in [3.63, 3.8) is 0 Å². The van der Waals surface area contributed by atoms with E-state index in [-0.39, 0.29) is 18.1 Å². The smallest absolute Gasteiger partial charge is 0.319 e. The quantitative estimate of drug-likeness (QED) is 0.193. The van der Waals surface area contributed by atoms with Gasteiger partial charge in [0.05, 0.1) is 6.61 Å². The number of hydrogen-bond donors (Lipinski definition) is 0. The lowest BCUT2D eigenvalue weighted by Gasteiger charge is -2.20. The summed E-state index contributed by atoms with van der Waals surface area (Å²) in [5.74, 6) is -4.24. The van der Waals surface area contributed by atoms with Gasteiger partial charge in [-0.05, 0) is 25.0 Å². The molecule has 0 saturated carbocycles. The first-order chi connectivity index (χ1) is 11.8. The minimum absolute atomic E-state index is 0.142. The first-order valence-electron chi connectivity index (χ1n) is 8.84. The van der Waals surface area contributed by atoms with E-state index in [0.29, 0.717) is 13.0 Å². The fraction of sp³-hybridized carbons (Fsp3) is 0.941. The molecule has 0 amide bonds. The maximum atomic E-state index is 13.2. The van der Waals surface area contributed by atoms with E-state index in [2.05, 4.69) is 0 Å². The van der Waals surface area contributed by atoms with Gasteiger partial charge in [0.25, 0.3) is 12.3 Å². The lowest BCUT2D eigenvalue weighted by molar-refractivity contribution is -0.143. The second-order valence-corrected chi connectivity index (χ2v) is 7.29. The highest BCUT2D eigenvalue weighted by atomic mass is 32.2. The summed E-state index contributed by atoms with van der Waals surface area (Å²) >= 11 is 1.18. The number of rotatable bonds is 15. The van der Waals surface area contributed by atoms with Gasteiger partial charge in [0.15, 0.2) is 0 Å². The van der Waals surface area contributed by atoms with E-state index in [4.69, 9.17) is 4.74 Å². The second kappa shape index (κ2) is 13.6. The Morgan fingerprint density at radius 2 is 1.68 bits per heavy atom. The highest BCUT2D eigenvalue weighted by Crippen LogP contribution is 2.32. The molecule has 150 valence electrons. The van der Waals surface area contributed by atoms with Gasteiger partial charge in [0.1, 0.15) is 5.25 Å². The fourth-order valence-electron chi connectivity index (χ4n) is 2.11. The summed E-state index contributed by atoms with van der Waals surface area (Å²) in [6.07, 6.45) is -3.24. The van der Waals surface area contributed by atoms with Crippen molar-refractivity contribution in [3.8, 4) is 0 Å². The molecular weight excluding hydrogens is 363 g/mol. The molecule has 2 atom stereocenters. The monoisotopic (exact) mass is 392 g/mol. The topological polar surface area (TPSA) is 26.3 Å². The van der Waals surface area contributed by atoms with Crippen LogP contribution in [-0.4, -0.2) is 42.1 Å². The highest BCUT2D eigenvalue weighted by molar-refractivity contribution is 8.00. The molecule has 25 heavy (non-hydrogen) atoms. The van der Waals surface area contributed by atoms with Gasteiger partial charge in [-0.15, -0.1) is 11.8 Å². The Kier molecular flexibility index (Phi) is 13.4. The molecule has 2 nitrogen and oxygen atoms in total.